The van der Waals surface area contributed by atoms with Crippen LogP contribution in [0.1, 0.15) is 24.1 Å². The molecule has 1 aliphatic heterocycles. The van der Waals surface area contributed by atoms with E-state index >= 15 is 0 Å². The zero-order valence-electron chi connectivity index (χ0n) is 16.7. The maximum absolute atomic E-state index is 14.0. The van der Waals surface area contributed by atoms with Crippen molar-refractivity contribution in [3.05, 3.63) is 76.6 Å². The maximum atomic E-state index is 14.0. The van der Waals surface area contributed by atoms with E-state index in [0.29, 0.717) is 16.8 Å². The van der Waals surface area contributed by atoms with Gasteiger partial charge < -0.3 is 10.2 Å². The number of pyridine rings is 1. The van der Waals surface area contributed by atoms with E-state index in [4.69, 9.17) is 11.6 Å². The minimum Gasteiger partial charge on any atom is -0.324 e. The predicted molar refractivity (Wildman–Crippen MR) is 115 cm³/mol. The number of hydrogen-bond acceptors (Lipinski definition) is 4. The fraction of sp³-hybridized carbons (Fsp3) is 0.130. The highest BCUT2D eigenvalue weighted by atomic mass is 35.5. The van der Waals surface area contributed by atoms with Gasteiger partial charge >= 0.3 is 0 Å². The smallest absolute Gasteiger partial charge is 0.244 e. The van der Waals surface area contributed by atoms with Gasteiger partial charge in [0, 0.05) is 16.8 Å². The summed E-state index contributed by atoms with van der Waals surface area (Å²) in [4.78, 5) is 31.4. The molecule has 0 aliphatic carbocycles. The van der Waals surface area contributed by atoms with E-state index in [0.717, 1.165) is 12.3 Å². The van der Waals surface area contributed by atoms with Crippen molar-refractivity contribution in [2.24, 2.45) is 0 Å². The summed E-state index contributed by atoms with van der Waals surface area (Å²) < 4.78 is 27.7. The van der Waals surface area contributed by atoms with Crippen LogP contribution in [0.25, 0.3) is 11.1 Å². The molecule has 32 heavy (non-hydrogen) atoms. The molecule has 2 heterocycles. The fourth-order valence-corrected chi connectivity index (χ4v) is 3.73. The molecular weight excluding hydrogens is 438 g/mol. The molecule has 1 aliphatic rings. The summed E-state index contributed by atoms with van der Waals surface area (Å²) in [6.07, 6.45) is 1.03. The summed E-state index contributed by atoms with van der Waals surface area (Å²) in [6, 6.07) is 11.7. The van der Waals surface area contributed by atoms with Crippen LogP contribution in [0.2, 0.25) is 5.02 Å². The average molecular weight is 453 g/mol. The van der Waals surface area contributed by atoms with Crippen molar-refractivity contribution < 1.29 is 18.4 Å². The first-order valence-corrected chi connectivity index (χ1v) is 9.92. The predicted octanol–water partition coefficient (Wildman–Crippen LogP) is 4.64. The summed E-state index contributed by atoms with van der Waals surface area (Å²) >= 11 is 5.67. The fourth-order valence-electron chi connectivity index (χ4n) is 3.61. The monoisotopic (exact) mass is 452 g/mol. The van der Waals surface area contributed by atoms with Gasteiger partial charge in [0.2, 0.25) is 11.8 Å². The Morgan fingerprint density at radius 2 is 2.00 bits per heavy atom. The molecule has 1 aromatic heterocycles. The van der Waals surface area contributed by atoms with E-state index in [2.05, 4.69) is 10.3 Å². The molecule has 0 bridgehead atoms. The van der Waals surface area contributed by atoms with E-state index in [1.807, 2.05) is 6.07 Å². The second-order valence-corrected chi connectivity index (χ2v) is 7.66. The Morgan fingerprint density at radius 3 is 2.72 bits per heavy atom. The zero-order chi connectivity index (χ0) is 23.0. The van der Waals surface area contributed by atoms with Gasteiger partial charge in [0.15, 0.2) is 0 Å². The average Bonchev–Trinajstić information content (AvgIpc) is 2.85. The summed E-state index contributed by atoms with van der Waals surface area (Å²) in [5.41, 5.74) is 1.96. The van der Waals surface area contributed by atoms with Gasteiger partial charge in [-0.1, -0.05) is 17.7 Å². The second kappa shape index (κ2) is 8.36. The number of rotatable bonds is 3. The molecule has 0 saturated heterocycles. The number of carbonyl (C=O) groups excluding carboxylic acids is 2. The van der Waals surface area contributed by atoms with Crippen LogP contribution in [0.4, 0.5) is 20.2 Å². The number of aromatic nitrogens is 1. The Bertz CT molecular complexity index is 1310. The van der Waals surface area contributed by atoms with Crippen molar-refractivity contribution in [1.29, 1.82) is 5.26 Å². The number of benzene rings is 2. The van der Waals surface area contributed by atoms with E-state index < -0.39 is 35.9 Å². The van der Waals surface area contributed by atoms with Crippen molar-refractivity contribution in [2.75, 3.05) is 16.8 Å². The first kappa shape index (κ1) is 21.4. The highest BCUT2D eigenvalue weighted by molar-refractivity contribution is 6.30. The van der Waals surface area contributed by atoms with Gasteiger partial charge in [0.25, 0.3) is 0 Å². The second-order valence-electron chi connectivity index (χ2n) is 7.25. The van der Waals surface area contributed by atoms with Crippen LogP contribution in [0.3, 0.4) is 0 Å². The van der Waals surface area contributed by atoms with Crippen LogP contribution in [0, 0.1) is 23.0 Å². The standard InChI is InChI=1S/C23H15ClF2N4O2/c1-12-22-17(7-14(25)10-28-22)16-4-2-13(9-27)6-20(16)30(23(12)32)11-21(31)29-15-3-5-18(24)19(26)8-15/h2-8,10,12H,11H2,1H3,(H,29,31)/t12-/m1/s1. The quantitative estimate of drug-likeness (QED) is 0.627. The molecule has 1 atom stereocenters. The number of nitriles is 1. The molecule has 6 nitrogen and oxygen atoms in total. The largest absolute Gasteiger partial charge is 0.324 e. The third-order valence-corrected chi connectivity index (χ3v) is 5.45. The van der Waals surface area contributed by atoms with E-state index in [1.54, 1.807) is 19.1 Å². The third-order valence-electron chi connectivity index (χ3n) is 5.14. The third kappa shape index (κ3) is 3.90. The highest BCUT2D eigenvalue weighted by Gasteiger charge is 2.34. The number of anilines is 2. The molecule has 0 radical (unpaired) electrons. The normalized spacial score (nSPS) is 14.8. The first-order chi connectivity index (χ1) is 15.3. The lowest BCUT2D eigenvalue weighted by molar-refractivity contribution is -0.122. The minimum atomic E-state index is -0.774. The van der Waals surface area contributed by atoms with Crippen LogP contribution in [0.5, 0.6) is 0 Å². The van der Waals surface area contributed by atoms with Crippen LogP contribution in [-0.4, -0.2) is 23.3 Å². The summed E-state index contributed by atoms with van der Waals surface area (Å²) in [7, 11) is 0. The molecule has 9 heteroatoms. The number of nitrogens with one attached hydrogen (secondary N) is 1. The summed E-state index contributed by atoms with van der Waals surface area (Å²) in [5.74, 6) is -3.09. The van der Waals surface area contributed by atoms with Crippen molar-refractivity contribution in [2.45, 2.75) is 12.8 Å². The van der Waals surface area contributed by atoms with Crippen LogP contribution in [0.15, 0.2) is 48.7 Å². The Hall–Kier alpha value is -3.83. The molecule has 4 rings (SSSR count). The molecule has 0 spiro atoms. The Kier molecular flexibility index (Phi) is 5.59. The number of nitrogens with zero attached hydrogens (tertiary/aromatic N) is 3. The molecule has 0 unspecified atom stereocenters. The molecular formula is C23H15ClF2N4O2. The van der Waals surface area contributed by atoms with Gasteiger partial charge in [-0.2, -0.15) is 5.26 Å². The van der Waals surface area contributed by atoms with Gasteiger partial charge in [-0.05, 0) is 43.3 Å². The van der Waals surface area contributed by atoms with Gasteiger partial charge in [0.05, 0.1) is 40.2 Å². The topological polar surface area (TPSA) is 86.1 Å². The summed E-state index contributed by atoms with van der Waals surface area (Å²) in [5, 5.41) is 11.8. The van der Waals surface area contributed by atoms with Gasteiger partial charge in [-0.25, -0.2) is 8.78 Å². The van der Waals surface area contributed by atoms with Crippen molar-refractivity contribution >= 4 is 34.8 Å². The maximum Gasteiger partial charge on any atom is 0.244 e. The number of carbonyl (C=O) groups is 2. The first-order valence-electron chi connectivity index (χ1n) is 9.54. The molecule has 1 N–H and O–H groups in total. The molecule has 3 aromatic rings. The van der Waals surface area contributed by atoms with Crippen LogP contribution in [-0.2, 0) is 9.59 Å². The lowest BCUT2D eigenvalue weighted by Crippen LogP contribution is -2.40. The Morgan fingerprint density at radius 1 is 1.22 bits per heavy atom. The lowest BCUT2D eigenvalue weighted by Gasteiger charge is -2.24. The summed E-state index contributed by atoms with van der Waals surface area (Å²) in [6.45, 7) is 1.20. The van der Waals surface area contributed by atoms with Gasteiger partial charge in [-0.3, -0.25) is 14.6 Å². The number of amides is 2. The molecule has 0 saturated carbocycles. The number of hydrogen-bond donors (Lipinski definition) is 1. The van der Waals surface area contributed by atoms with Crippen LogP contribution >= 0.6 is 11.6 Å². The van der Waals surface area contributed by atoms with Crippen molar-refractivity contribution in [3.63, 3.8) is 0 Å². The van der Waals surface area contributed by atoms with E-state index in [1.165, 1.54) is 29.2 Å². The number of halogens is 3. The van der Waals surface area contributed by atoms with Crippen molar-refractivity contribution in [3.8, 4) is 17.2 Å². The van der Waals surface area contributed by atoms with E-state index in [-0.39, 0.29) is 22.0 Å². The minimum absolute atomic E-state index is 0.0880. The van der Waals surface area contributed by atoms with E-state index in [9.17, 15) is 23.6 Å². The zero-order valence-corrected chi connectivity index (χ0v) is 17.5. The van der Waals surface area contributed by atoms with Gasteiger partial charge in [-0.15, -0.1) is 0 Å². The Balaban J connectivity index is 1.75. The lowest BCUT2D eigenvalue weighted by atomic mass is 9.97. The Labute approximate surface area is 187 Å². The highest BCUT2D eigenvalue weighted by Crippen LogP contribution is 2.40. The molecule has 2 amide bonds. The molecule has 2 aromatic carbocycles. The van der Waals surface area contributed by atoms with Crippen LogP contribution < -0.4 is 10.2 Å². The van der Waals surface area contributed by atoms with Gasteiger partial charge in [0.1, 0.15) is 18.2 Å². The molecule has 160 valence electrons. The number of fused-ring (bicyclic) bond motifs is 3. The SMILES string of the molecule is C[C@H]1C(=O)N(CC(=O)Nc2ccc(Cl)c(F)c2)c2cc(C#N)ccc2-c2cc(F)cnc21. The molecule has 0 fully saturated rings. The van der Waals surface area contributed by atoms with Crippen molar-refractivity contribution in [1.82, 2.24) is 4.98 Å².